The van der Waals surface area contributed by atoms with Crippen LogP contribution >= 0.6 is 0 Å². The molecule has 0 spiro atoms. The first kappa shape index (κ1) is 15.3. The van der Waals surface area contributed by atoms with Gasteiger partial charge in [0.1, 0.15) is 0 Å². The van der Waals surface area contributed by atoms with Gasteiger partial charge < -0.3 is 11.1 Å². The van der Waals surface area contributed by atoms with E-state index in [1.165, 1.54) is 5.56 Å². The Bertz CT molecular complexity index is 554. The van der Waals surface area contributed by atoms with Gasteiger partial charge in [-0.25, -0.2) is 0 Å². The summed E-state index contributed by atoms with van der Waals surface area (Å²) in [5.74, 6) is -0.172. The van der Waals surface area contributed by atoms with Crippen LogP contribution in [0.15, 0.2) is 60.7 Å². The minimum absolute atomic E-state index is 0.00211. The van der Waals surface area contributed by atoms with E-state index in [-0.39, 0.29) is 17.9 Å². The van der Waals surface area contributed by atoms with E-state index in [1.54, 1.807) is 0 Å². The van der Waals surface area contributed by atoms with Gasteiger partial charge in [-0.1, -0.05) is 67.6 Å². The molecule has 3 N–H and O–H groups in total. The average molecular weight is 282 g/mol. The van der Waals surface area contributed by atoms with Crippen LogP contribution in [0.5, 0.6) is 0 Å². The summed E-state index contributed by atoms with van der Waals surface area (Å²) < 4.78 is 0. The molecule has 2 rings (SSSR count). The maximum atomic E-state index is 12.2. The fraction of sp³-hybridized carbons (Fsp3) is 0.278. The molecule has 0 aliphatic rings. The zero-order chi connectivity index (χ0) is 15.1. The molecule has 0 fully saturated rings. The highest BCUT2D eigenvalue weighted by Crippen LogP contribution is 2.18. The van der Waals surface area contributed by atoms with Crippen molar-refractivity contribution in [2.45, 2.75) is 19.4 Å². The molecular weight excluding hydrogens is 260 g/mol. The first-order chi connectivity index (χ1) is 10.2. The van der Waals surface area contributed by atoms with E-state index in [4.69, 9.17) is 5.73 Å². The second-order valence-electron chi connectivity index (χ2n) is 5.30. The van der Waals surface area contributed by atoms with Gasteiger partial charge in [-0.15, -0.1) is 0 Å². The molecule has 0 heterocycles. The quantitative estimate of drug-likeness (QED) is 0.856. The van der Waals surface area contributed by atoms with Gasteiger partial charge in [0.2, 0.25) is 5.91 Å². The Labute approximate surface area is 126 Å². The Balaban J connectivity index is 2.17. The third-order valence-corrected chi connectivity index (χ3v) is 3.60. The smallest absolute Gasteiger partial charge is 0.224 e. The summed E-state index contributed by atoms with van der Waals surface area (Å²) in [7, 11) is 0. The lowest BCUT2D eigenvalue weighted by atomic mass is 9.98. The van der Waals surface area contributed by atoms with Crippen LogP contribution in [0.2, 0.25) is 0 Å². The molecule has 0 saturated heterocycles. The number of carbonyl (C=O) groups excluding carboxylic acids is 1. The molecule has 0 radical (unpaired) electrons. The highest BCUT2D eigenvalue weighted by molar-refractivity contribution is 5.79. The number of nitrogens with two attached hydrogens (primary N) is 1. The molecule has 0 bridgehead atoms. The van der Waals surface area contributed by atoms with Crippen LogP contribution in [0.1, 0.15) is 24.1 Å². The second-order valence-corrected chi connectivity index (χ2v) is 5.30. The van der Waals surface area contributed by atoms with Crippen molar-refractivity contribution < 1.29 is 4.79 Å². The minimum Gasteiger partial charge on any atom is -0.349 e. The number of carbonyl (C=O) groups is 1. The van der Waals surface area contributed by atoms with Crippen LogP contribution in [-0.4, -0.2) is 12.5 Å². The van der Waals surface area contributed by atoms with Gasteiger partial charge in [0, 0.05) is 12.5 Å². The highest BCUT2D eigenvalue weighted by atomic mass is 16.1. The predicted octanol–water partition coefficient (Wildman–Crippen LogP) is 2.68. The monoisotopic (exact) mass is 282 g/mol. The maximum Gasteiger partial charge on any atom is 0.224 e. The summed E-state index contributed by atoms with van der Waals surface area (Å²) in [5, 5.41) is 3.11. The molecule has 0 aliphatic heterocycles. The third-order valence-electron chi connectivity index (χ3n) is 3.60. The minimum atomic E-state index is -0.174. The fourth-order valence-corrected chi connectivity index (χ4v) is 2.21. The average Bonchev–Trinajstić information content (AvgIpc) is 2.55. The molecular formula is C18H22N2O. The zero-order valence-corrected chi connectivity index (χ0v) is 12.3. The number of benzene rings is 2. The summed E-state index contributed by atoms with van der Waals surface area (Å²) in [6.07, 6.45) is 0.772. The Kier molecular flexibility index (Phi) is 5.52. The Morgan fingerprint density at radius 2 is 1.62 bits per heavy atom. The van der Waals surface area contributed by atoms with E-state index < -0.39 is 0 Å². The largest absolute Gasteiger partial charge is 0.349 e. The lowest BCUT2D eigenvalue weighted by Gasteiger charge is -2.21. The lowest BCUT2D eigenvalue weighted by molar-refractivity contribution is -0.125. The molecule has 21 heavy (non-hydrogen) atoms. The fourth-order valence-electron chi connectivity index (χ4n) is 2.21. The van der Waals surface area contributed by atoms with Gasteiger partial charge in [-0.05, 0) is 17.5 Å². The van der Waals surface area contributed by atoms with Crippen molar-refractivity contribution in [3.8, 4) is 0 Å². The van der Waals surface area contributed by atoms with Gasteiger partial charge in [-0.2, -0.15) is 0 Å². The Hall–Kier alpha value is -2.13. The molecule has 110 valence electrons. The van der Waals surface area contributed by atoms with Crippen molar-refractivity contribution in [1.82, 2.24) is 5.32 Å². The normalized spacial score (nSPS) is 13.4. The van der Waals surface area contributed by atoms with Crippen LogP contribution in [-0.2, 0) is 11.2 Å². The summed E-state index contributed by atoms with van der Waals surface area (Å²) in [6, 6.07) is 20.2. The van der Waals surface area contributed by atoms with E-state index in [9.17, 15) is 4.79 Å². The van der Waals surface area contributed by atoms with Crippen molar-refractivity contribution >= 4 is 5.91 Å². The Morgan fingerprint density at radius 3 is 2.19 bits per heavy atom. The van der Waals surface area contributed by atoms with Crippen LogP contribution in [0, 0.1) is 5.92 Å². The van der Waals surface area contributed by atoms with Crippen LogP contribution in [0.4, 0.5) is 0 Å². The Morgan fingerprint density at radius 1 is 1.05 bits per heavy atom. The number of amides is 1. The van der Waals surface area contributed by atoms with Crippen LogP contribution in [0.25, 0.3) is 0 Å². The summed E-state index contributed by atoms with van der Waals surface area (Å²) in [5.41, 5.74) is 7.89. The van der Waals surface area contributed by atoms with Crippen molar-refractivity contribution in [1.29, 1.82) is 0 Å². The van der Waals surface area contributed by atoms with E-state index in [0.717, 1.165) is 12.0 Å². The molecule has 0 aliphatic carbocycles. The van der Waals surface area contributed by atoms with Crippen LogP contribution < -0.4 is 11.1 Å². The molecule has 1 amide bonds. The standard InChI is InChI=1S/C18H22N2O/c1-14(13-19)18(21)20-17(16-10-6-3-7-11-16)12-15-8-4-2-5-9-15/h2-11,14,17H,12-13,19H2,1H3,(H,20,21). The first-order valence-electron chi connectivity index (χ1n) is 7.30. The number of hydrogen-bond acceptors (Lipinski definition) is 2. The predicted molar refractivity (Wildman–Crippen MR) is 85.7 cm³/mol. The van der Waals surface area contributed by atoms with E-state index in [1.807, 2.05) is 55.5 Å². The second kappa shape index (κ2) is 7.60. The lowest BCUT2D eigenvalue weighted by Crippen LogP contribution is -2.36. The van der Waals surface area contributed by atoms with Gasteiger partial charge in [-0.3, -0.25) is 4.79 Å². The van der Waals surface area contributed by atoms with Crippen molar-refractivity contribution in [2.75, 3.05) is 6.54 Å². The van der Waals surface area contributed by atoms with Crippen molar-refractivity contribution in [3.05, 3.63) is 71.8 Å². The zero-order valence-electron chi connectivity index (χ0n) is 12.3. The molecule has 2 aromatic carbocycles. The number of rotatable bonds is 6. The summed E-state index contributed by atoms with van der Waals surface area (Å²) in [6.45, 7) is 2.21. The van der Waals surface area contributed by atoms with Crippen molar-refractivity contribution in [2.24, 2.45) is 11.7 Å². The maximum absolute atomic E-state index is 12.2. The van der Waals surface area contributed by atoms with E-state index in [2.05, 4.69) is 17.4 Å². The molecule has 2 unspecified atom stereocenters. The number of hydrogen-bond donors (Lipinski definition) is 2. The van der Waals surface area contributed by atoms with E-state index >= 15 is 0 Å². The first-order valence-corrected chi connectivity index (χ1v) is 7.30. The molecule has 3 heteroatoms. The molecule has 0 saturated carbocycles. The highest BCUT2D eigenvalue weighted by Gasteiger charge is 2.18. The third kappa shape index (κ3) is 4.43. The van der Waals surface area contributed by atoms with Crippen LogP contribution in [0.3, 0.4) is 0 Å². The molecule has 2 atom stereocenters. The molecule has 3 nitrogen and oxygen atoms in total. The van der Waals surface area contributed by atoms with Gasteiger partial charge >= 0.3 is 0 Å². The topological polar surface area (TPSA) is 55.1 Å². The number of nitrogens with one attached hydrogen (secondary N) is 1. The summed E-state index contributed by atoms with van der Waals surface area (Å²) in [4.78, 5) is 12.2. The van der Waals surface area contributed by atoms with Crippen molar-refractivity contribution in [3.63, 3.8) is 0 Å². The molecule has 2 aromatic rings. The van der Waals surface area contributed by atoms with E-state index in [0.29, 0.717) is 6.54 Å². The van der Waals surface area contributed by atoms with Gasteiger partial charge in [0.25, 0.3) is 0 Å². The SMILES string of the molecule is CC(CN)C(=O)NC(Cc1ccccc1)c1ccccc1. The molecule has 0 aromatic heterocycles. The van der Waals surface area contributed by atoms with Gasteiger partial charge in [0.05, 0.1) is 6.04 Å². The summed E-state index contributed by atoms with van der Waals surface area (Å²) >= 11 is 0. The van der Waals surface area contributed by atoms with Gasteiger partial charge in [0.15, 0.2) is 0 Å².